The summed E-state index contributed by atoms with van der Waals surface area (Å²) >= 11 is 0. The van der Waals surface area contributed by atoms with Crippen molar-refractivity contribution in [1.29, 1.82) is 0 Å². The number of para-hydroxylation sites is 2. The van der Waals surface area contributed by atoms with Gasteiger partial charge in [-0.3, -0.25) is 4.79 Å². The molecule has 4 rings (SSSR count). The van der Waals surface area contributed by atoms with Crippen LogP contribution in [0, 0.1) is 13.8 Å². The van der Waals surface area contributed by atoms with Gasteiger partial charge in [-0.1, -0.05) is 19.1 Å². The van der Waals surface area contributed by atoms with E-state index in [-0.39, 0.29) is 12.0 Å². The fraction of sp³-hybridized carbons (Fsp3) is 0.455. The number of carbonyl (C=O) groups excluding carboxylic acids is 1. The molecule has 1 atom stereocenters. The van der Waals surface area contributed by atoms with Crippen LogP contribution in [0.3, 0.4) is 0 Å². The number of nitrogens with one attached hydrogen (secondary N) is 2. The first-order valence-electron chi connectivity index (χ1n) is 10.1. The predicted molar refractivity (Wildman–Crippen MR) is 112 cm³/mol. The monoisotopic (exact) mass is 380 g/mol. The predicted octanol–water partition coefficient (Wildman–Crippen LogP) is 4.57. The molecule has 0 spiro atoms. The minimum Gasteiger partial charge on any atom is -0.376 e. The topological polar surface area (TPSA) is 71.9 Å². The Labute approximate surface area is 165 Å². The number of H-pyrrole nitrogens is 1. The highest BCUT2D eigenvalue weighted by atomic mass is 16.5. The third kappa shape index (κ3) is 3.44. The number of amides is 1. The standard InChI is InChI=1S/C22H28N4O2/c1-4-8-19(27)25-22-20(21-23-17-10-5-6-11-18(17)24-21)14(2)15(3)26(22)13-16-9-7-12-28-16/h5-6,10-11,16H,4,7-9,12-13H2,1-3H3,(H,23,24)(H,25,27). The van der Waals surface area contributed by atoms with Crippen LogP contribution in [0.2, 0.25) is 0 Å². The molecular formula is C22H28N4O2. The third-order valence-corrected chi connectivity index (χ3v) is 5.60. The molecule has 2 aromatic heterocycles. The van der Waals surface area contributed by atoms with Gasteiger partial charge in [0.15, 0.2) is 0 Å². The molecule has 2 N–H and O–H groups in total. The summed E-state index contributed by atoms with van der Waals surface area (Å²) in [5, 5.41) is 3.17. The van der Waals surface area contributed by atoms with Gasteiger partial charge in [0.1, 0.15) is 11.6 Å². The maximum absolute atomic E-state index is 12.5. The summed E-state index contributed by atoms with van der Waals surface area (Å²) in [6.07, 6.45) is 3.66. The number of nitrogens with zero attached hydrogens (tertiary/aromatic N) is 2. The molecule has 1 aliphatic rings. The number of hydrogen-bond acceptors (Lipinski definition) is 3. The normalized spacial score (nSPS) is 16.8. The Bertz CT molecular complexity index is 963. The van der Waals surface area contributed by atoms with Crippen molar-refractivity contribution in [2.24, 2.45) is 0 Å². The molecule has 1 saturated heterocycles. The van der Waals surface area contributed by atoms with Crippen molar-refractivity contribution in [2.75, 3.05) is 11.9 Å². The van der Waals surface area contributed by atoms with Crippen LogP contribution in [0.25, 0.3) is 22.4 Å². The maximum atomic E-state index is 12.5. The Morgan fingerprint density at radius 2 is 2.18 bits per heavy atom. The summed E-state index contributed by atoms with van der Waals surface area (Å²) in [6.45, 7) is 7.78. The van der Waals surface area contributed by atoms with Crippen LogP contribution in [0.1, 0.15) is 43.9 Å². The number of rotatable bonds is 6. The molecule has 0 radical (unpaired) electrons. The molecular weight excluding hydrogens is 352 g/mol. The lowest BCUT2D eigenvalue weighted by Crippen LogP contribution is -2.20. The van der Waals surface area contributed by atoms with Gasteiger partial charge in [0.25, 0.3) is 0 Å². The molecule has 1 fully saturated rings. The van der Waals surface area contributed by atoms with Crippen LogP contribution in [-0.2, 0) is 16.1 Å². The molecule has 3 aromatic rings. The summed E-state index contributed by atoms with van der Waals surface area (Å²) in [7, 11) is 0. The average Bonchev–Trinajstić information content (AvgIpc) is 3.38. The molecule has 0 bridgehead atoms. The van der Waals surface area contributed by atoms with Crippen LogP contribution in [0.15, 0.2) is 24.3 Å². The molecule has 0 aliphatic carbocycles. The van der Waals surface area contributed by atoms with Crippen LogP contribution in [0.4, 0.5) is 5.82 Å². The zero-order chi connectivity index (χ0) is 19.7. The van der Waals surface area contributed by atoms with Crippen LogP contribution in [0.5, 0.6) is 0 Å². The zero-order valence-electron chi connectivity index (χ0n) is 16.8. The highest BCUT2D eigenvalue weighted by Gasteiger charge is 2.26. The number of carbonyl (C=O) groups is 1. The summed E-state index contributed by atoms with van der Waals surface area (Å²) in [5.74, 6) is 1.65. The van der Waals surface area contributed by atoms with Gasteiger partial charge in [-0.25, -0.2) is 4.98 Å². The average molecular weight is 380 g/mol. The molecule has 148 valence electrons. The Balaban J connectivity index is 1.82. The van der Waals surface area contributed by atoms with E-state index in [4.69, 9.17) is 9.72 Å². The first-order valence-corrected chi connectivity index (χ1v) is 10.1. The largest absolute Gasteiger partial charge is 0.376 e. The molecule has 1 amide bonds. The van der Waals surface area contributed by atoms with Crippen molar-refractivity contribution in [3.63, 3.8) is 0 Å². The fourth-order valence-corrected chi connectivity index (χ4v) is 4.00. The van der Waals surface area contributed by atoms with Gasteiger partial charge in [0, 0.05) is 18.7 Å². The third-order valence-electron chi connectivity index (χ3n) is 5.60. The van der Waals surface area contributed by atoms with Crippen LogP contribution < -0.4 is 5.32 Å². The minimum atomic E-state index is 0.0333. The Morgan fingerprint density at radius 3 is 2.89 bits per heavy atom. The van der Waals surface area contributed by atoms with E-state index in [1.807, 2.05) is 31.2 Å². The Morgan fingerprint density at radius 1 is 1.36 bits per heavy atom. The van der Waals surface area contributed by atoms with E-state index in [0.717, 1.165) is 71.9 Å². The lowest BCUT2D eigenvalue weighted by molar-refractivity contribution is -0.116. The molecule has 6 heteroatoms. The first kappa shape index (κ1) is 18.7. The van der Waals surface area contributed by atoms with E-state index < -0.39 is 0 Å². The summed E-state index contributed by atoms with van der Waals surface area (Å²) in [5.41, 5.74) is 5.15. The van der Waals surface area contributed by atoms with E-state index in [2.05, 4.69) is 28.7 Å². The summed E-state index contributed by atoms with van der Waals surface area (Å²) in [4.78, 5) is 20.7. The zero-order valence-corrected chi connectivity index (χ0v) is 16.8. The van der Waals surface area contributed by atoms with Crippen molar-refractivity contribution in [1.82, 2.24) is 14.5 Å². The number of ether oxygens (including phenoxy) is 1. The number of fused-ring (bicyclic) bond motifs is 1. The SMILES string of the molecule is CCCC(=O)Nc1c(-c2nc3ccccc3[nH]2)c(C)c(C)n1CC1CCCO1. The van der Waals surface area contributed by atoms with Gasteiger partial charge in [0.2, 0.25) is 5.91 Å². The number of benzene rings is 1. The molecule has 1 aromatic carbocycles. The quantitative estimate of drug-likeness (QED) is 0.658. The molecule has 0 saturated carbocycles. The fourth-order valence-electron chi connectivity index (χ4n) is 4.00. The van der Waals surface area contributed by atoms with E-state index in [1.165, 1.54) is 0 Å². The molecule has 6 nitrogen and oxygen atoms in total. The Hall–Kier alpha value is -2.60. The summed E-state index contributed by atoms with van der Waals surface area (Å²) < 4.78 is 8.06. The number of imidazole rings is 1. The van der Waals surface area contributed by atoms with Crippen LogP contribution in [-0.4, -0.2) is 33.2 Å². The second-order valence-corrected chi connectivity index (χ2v) is 7.58. The second-order valence-electron chi connectivity index (χ2n) is 7.58. The lowest BCUT2D eigenvalue weighted by atomic mass is 10.1. The van der Waals surface area contributed by atoms with Gasteiger partial charge < -0.3 is 19.6 Å². The molecule has 28 heavy (non-hydrogen) atoms. The van der Waals surface area contributed by atoms with Crippen molar-refractivity contribution in [3.8, 4) is 11.4 Å². The molecule has 1 unspecified atom stereocenters. The Kier molecular flexibility index (Phi) is 5.22. The van der Waals surface area contributed by atoms with Crippen molar-refractivity contribution >= 4 is 22.8 Å². The van der Waals surface area contributed by atoms with Crippen molar-refractivity contribution in [3.05, 3.63) is 35.5 Å². The van der Waals surface area contributed by atoms with E-state index in [1.54, 1.807) is 0 Å². The maximum Gasteiger partial charge on any atom is 0.225 e. The highest BCUT2D eigenvalue weighted by Crippen LogP contribution is 2.36. The highest BCUT2D eigenvalue weighted by molar-refractivity contribution is 5.95. The number of aromatic amines is 1. The smallest absolute Gasteiger partial charge is 0.225 e. The second kappa shape index (κ2) is 7.80. The van der Waals surface area contributed by atoms with Gasteiger partial charge in [-0.05, 0) is 50.8 Å². The van der Waals surface area contributed by atoms with Gasteiger partial charge in [-0.15, -0.1) is 0 Å². The first-order chi connectivity index (χ1) is 13.6. The summed E-state index contributed by atoms with van der Waals surface area (Å²) in [6, 6.07) is 8.00. The molecule has 3 heterocycles. The van der Waals surface area contributed by atoms with E-state index in [0.29, 0.717) is 6.42 Å². The van der Waals surface area contributed by atoms with Gasteiger partial charge in [-0.2, -0.15) is 0 Å². The number of anilines is 1. The number of hydrogen-bond donors (Lipinski definition) is 2. The van der Waals surface area contributed by atoms with E-state index >= 15 is 0 Å². The van der Waals surface area contributed by atoms with Crippen LogP contribution >= 0.6 is 0 Å². The van der Waals surface area contributed by atoms with Crippen molar-refractivity contribution in [2.45, 2.75) is 59.1 Å². The van der Waals surface area contributed by atoms with Gasteiger partial charge >= 0.3 is 0 Å². The minimum absolute atomic E-state index is 0.0333. The van der Waals surface area contributed by atoms with Gasteiger partial charge in [0.05, 0.1) is 29.2 Å². The van der Waals surface area contributed by atoms with E-state index in [9.17, 15) is 4.79 Å². The molecule has 1 aliphatic heterocycles. The lowest BCUT2D eigenvalue weighted by Gasteiger charge is -2.17. The van der Waals surface area contributed by atoms with Crippen molar-refractivity contribution < 1.29 is 9.53 Å². The number of aromatic nitrogens is 3.